The zero-order valence-corrected chi connectivity index (χ0v) is 21.9. The Labute approximate surface area is 219 Å². The summed E-state index contributed by atoms with van der Waals surface area (Å²) >= 11 is 0. The van der Waals surface area contributed by atoms with Gasteiger partial charge in [-0.2, -0.15) is 5.10 Å². The van der Waals surface area contributed by atoms with Crippen LogP contribution in [0.1, 0.15) is 60.5 Å². The highest BCUT2D eigenvalue weighted by Crippen LogP contribution is 2.42. The fourth-order valence-electron chi connectivity index (χ4n) is 5.17. The number of carbonyl (C=O) groups is 1. The number of aldehydes is 1. The van der Waals surface area contributed by atoms with Gasteiger partial charge in [-0.15, -0.1) is 0 Å². The number of allylic oxidation sites excluding steroid dienone is 1. The molecule has 0 saturated heterocycles. The maximum Gasteiger partial charge on any atom is 0.142 e. The van der Waals surface area contributed by atoms with Crippen molar-refractivity contribution in [3.05, 3.63) is 113 Å². The number of nitrogens with zero attached hydrogens (tertiary/aromatic N) is 2. The fourth-order valence-corrected chi connectivity index (χ4v) is 5.17. The highest BCUT2D eigenvalue weighted by Gasteiger charge is 2.33. The molecule has 0 amide bonds. The summed E-state index contributed by atoms with van der Waals surface area (Å²) in [4.78, 5) is 13.3. The molecule has 0 bridgehead atoms. The van der Waals surface area contributed by atoms with Gasteiger partial charge >= 0.3 is 0 Å². The predicted octanol–water partition coefficient (Wildman–Crippen LogP) is 6.56. The summed E-state index contributed by atoms with van der Waals surface area (Å²) in [5.41, 5.74) is 9.86. The van der Waals surface area contributed by atoms with E-state index in [0.717, 1.165) is 30.9 Å². The van der Waals surface area contributed by atoms with Crippen LogP contribution in [0.25, 0.3) is 17.2 Å². The highest BCUT2D eigenvalue weighted by molar-refractivity contribution is 5.74. The highest BCUT2D eigenvalue weighted by atomic mass is 16.2. The van der Waals surface area contributed by atoms with Crippen molar-refractivity contribution in [1.29, 1.82) is 0 Å². The minimum atomic E-state index is 0.0983. The van der Waals surface area contributed by atoms with Crippen LogP contribution in [0.4, 0.5) is 5.69 Å². The first-order chi connectivity index (χ1) is 18.0. The molecule has 5 heteroatoms. The second kappa shape index (κ2) is 11.8. The summed E-state index contributed by atoms with van der Waals surface area (Å²) in [7, 11) is 1.00. The third-order valence-electron chi connectivity index (χ3n) is 7.01. The third kappa shape index (κ3) is 5.57. The standard InChI is InChI=1S/C31H31N3O.CH4O/c1-21(2)24-10-13-29(14-11-24)34-22(3)17-27-18-26(28-19-32-33-20-28)12-15-30(27)31(34)25-8-6-23(7-9-25)5-4-16-35;1-2/h4-16,18-22,31H,17H2,1-3H3,(H,32,33);2H,1H3/b5-4+;. The number of benzene rings is 3. The first kappa shape index (κ1) is 26.1. The van der Waals surface area contributed by atoms with Gasteiger partial charge in [-0.1, -0.05) is 74.5 Å². The molecule has 37 heavy (non-hydrogen) atoms. The van der Waals surface area contributed by atoms with Gasteiger partial charge in [0.25, 0.3) is 0 Å². The number of fused-ring (bicyclic) bond motifs is 1. The van der Waals surface area contributed by atoms with Crippen LogP contribution in [0.2, 0.25) is 0 Å². The minimum absolute atomic E-state index is 0.0983. The molecule has 1 aliphatic rings. The molecule has 2 unspecified atom stereocenters. The number of nitrogens with one attached hydrogen (secondary N) is 1. The first-order valence-electron chi connectivity index (χ1n) is 12.7. The van der Waals surface area contributed by atoms with Crippen LogP contribution in [0.3, 0.4) is 0 Å². The number of anilines is 1. The summed E-state index contributed by atoms with van der Waals surface area (Å²) in [6, 6.07) is 24.9. The molecule has 0 spiro atoms. The van der Waals surface area contributed by atoms with E-state index in [0.29, 0.717) is 12.0 Å². The van der Waals surface area contributed by atoms with Crippen LogP contribution in [0.15, 0.2) is 85.2 Å². The largest absolute Gasteiger partial charge is 0.400 e. The van der Waals surface area contributed by atoms with Crippen LogP contribution >= 0.6 is 0 Å². The van der Waals surface area contributed by atoms with Crippen LogP contribution in [0.5, 0.6) is 0 Å². The van der Waals surface area contributed by atoms with E-state index in [4.69, 9.17) is 5.11 Å². The molecule has 0 aliphatic carbocycles. The molecule has 2 atom stereocenters. The van der Waals surface area contributed by atoms with Gasteiger partial charge in [0.2, 0.25) is 0 Å². The van der Waals surface area contributed by atoms with Crippen molar-refractivity contribution in [3.8, 4) is 11.1 Å². The zero-order chi connectivity index (χ0) is 26.4. The van der Waals surface area contributed by atoms with Crippen molar-refractivity contribution in [1.82, 2.24) is 10.2 Å². The van der Waals surface area contributed by atoms with E-state index in [1.54, 1.807) is 0 Å². The average molecular weight is 494 g/mol. The monoisotopic (exact) mass is 493 g/mol. The Bertz CT molecular complexity index is 1320. The average Bonchev–Trinajstić information content (AvgIpc) is 3.48. The van der Waals surface area contributed by atoms with Gasteiger partial charge in [0.1, 0.15) is 6.29 Å². The first-order valence-corrected chi connectivity index (χ1v) is 12.7. The summed E-state index contributed by atoms with van der Waals surface area (Å²) in [6.07, 6.45) is 8.98. The van der Waals surface area contributed by atoms with Crippen molar-refractivity contribution >= 4 is 18.0 Å². The lowest BCUT2D eigenvalue weighted by Gasteiger charge is -2.44. The van der Waals surface area contributed by atoms with Crippen molar-refractivity contribution < 1.29 is 9.90 Å². The molecular formula is C32H35N3O2. The zero-order valence-electron chi connectivity index (χ0n) is 21.9. The molecule has 190 valence electrons. The number of aromatic amines is 1. The van der Waals surface area contributed by atoms with Gasteiger partial charge in [0.05, 0.1) is 12.2 Å². The minimum Gasteiger partial charge on any atom is -0.400 e. The van der Waals surface area contributed by atoms with Crippen LogP contribution < -0.4 is 4.90 Å². The maximum absolute atomic E-state index is 10.7. The predicted molar refractivity (Wildman–Crippen MR) is 152 cm³/mol. The Morgan fingerprint density at radius 1 is 1.00 bits per heavy atom. The molecule has 2 heterocycles. The van der Waals surface area contributed by atoms with Gasteiger partial charge in [0.15, 0.2) is 0 Å². The summed E-state index contributed by atoms with van der Waals surface area (Å²) in [5.74, 6) is 0.507. The van der Waals surface area contributed by atoms with E-state index < -0.39 is 0 Å². The molecule has 4 aromatic rings. The fraction of sp³-hybridized carbons (Fsp3) is 0.250. The molecule has 1 aromatic heterocycles. The van der Waals surface area contributed by atoms with Crippen molar-refractivity contribution in [3.63, 3.8) is 0 Å². The lowest BCUT2D eigenvalue weighted by atomic mass is 9.83. The SMILES string of the molecule is CC(C)c1ccc(N2C(C)Cc3cc(-c4cn[nH]c4)ccc3C2c2ccc(/C=C/C=O)cc2)cc1.CO. The Kier molecular flexibility index (Phi) is 8.36. The van der Waals surface area contributed by atoms with Gasteiger partial charge in [-0.05, 0) is 70.9 Å². The van der Waals surface area contributed by atoms with Gasteiger partial charge < -0.3 is 10.0 Å². The Morgan fingerprint density at radius 3 is 2.35 bits per heavy atom. The van der Waals surface area contributed by atoms with Crippen molar-refractivity contribution in [2.24, 2.45) is 0 Å². The molecule has 5 rings (SSSR count). The molecule has 0 saturated carbocycles. The molecule has 3 aromatic carbocycles. The second-order valence-corrected chi connectivity index (χ2v) is 9.67. The van der Waals surface area contributed by atoms with E-state index in [9.17, 15) is 4.79 Å². The molecule has 0 radical (unpaired) electrons. The summed E-state index contributed by atoms with van der Waals surface area (Å²) in [5, 5.41) is 14.1. The van der Waals surface area contributed by atoms with Gasteiger partial charge in [0, 0.05) is 30.6 Å². The number of aliphatic hydroxyl groups excluding tert-OH is 1. The van der Waals surface area contributed by atoms with Crippen molar-refractivity contribution in [2.75, 3.05) is 12.0 Å². The molecule has 0 fully saturated rings. The summed E-state index contributed by atoms with van der Waals surface area (Å²) < 4.78 is 0. The topological polar surface area (TPSA) is 69.2 Å². The third-order valence-corrected chi connectivity index (χ3v) is 7.01. The van der Waals surface area contributed by atoms with Crippen LogP contribution in [-0.4, -0.2) is 34.7 Å². The number of carbonyl (C=O) groups excluding carboxylic acids is 1. The number of hydrogen-bond donors (Lipinski definition) is 2. The second-order valence-electron chi connectivity index (χ2n) is 9.67. The summed E-state index contributed by atoms with van der Waals surface area (Å²) in [6.45, 7) is 6.78. The van der Waals surface area contributed by atoms with E-state index in [2.05, 4.69) is 103 Å². The Balaban J connectivity index is 0.00000156. The molecule has 2 N–H and O–H groups in total. The maximum atomic E-state index is 10.7. The number of H-pyrrole nitrogens is 1. The van der Waals surface area contributed by atoms with Crippen LogP contribution in [-0.2, 0) is 11.2 Å². The van der Waals surface area contributed by atoms with Crippen molar-refractivity contribution in [2.45, 2.75) is 45.2 Å². The number of aromatic nitrogens is 2. The number of hydrogen-bond acceptors (Lipinski definition) is 4. The molecule has 1 aliphatic heterocycles. The molecular weight excluding hydrogens is 458 g/mol. The van der Waals surface area contributed by atoms with E-state index in [-0.39, 0.29) is 6.04 Å². The quantitative estimate of drug-likeness (QED) is 0.236. The molecule has 5 nitrogen and oxygen atoms in total. The van der Waals surface area contributed by atoms with E-state index in [1.807, 2.05) is 18.5 Å². The number of rotatable bonds is 6. The van der Waals surface area contributed by atoms with E-state index >= 15 is 0 Å². The van der Waals surface area contributed by atoms with Crippen LogP contribution in [0, 0.1) is 0 Å². The smallest absolute Gasteiger partial charge is 0.142 e. The van der Waals surface area contributed by atoms with E-state index in [1.165, 1.54) is 39.6 Å². The van der Waals surface area contributed by atoms with Gasteiger partial charge in [-0.3, -0.25) is 9.89 Å². The lowest BCUT2D eigenvalue weighted by molar-refractivity contribution is -0.104. The van der Waals surface area contributed by atoms with Gasteiger partial charge in [-0.25, -0.2) is 0 Å². The normalized spacial score (nSPS) is 16.9. The number of aliphatic hydroxyl groups is 1. The lowest BCUT2D eigenvalue weighted by Crippen LogP contribution is -2.42. The Hall–Kier alpha value is -3.96. The Morgan fingerprint density at radius 2 is 1.73 bits per heavy atom.